The van der Waals surface area contributed by atoms with E-state index < -0.39 is 0 Å². The number of carbonyl (C=O) groups is 2. The summed E-state index contributed by atoms with van der Waals surface area (Å²) in [6, 6.07) is 3.37. The second-order valence-electron chi connectivity index (χ2n) is 5.27. The first-order chi connectivity index (χ1) is 11.2. The average molecular weight is 321 g/mol. The molecule has 1 saturated heterocycles. The lowest BCUT2D eigenvalue weighted by Crippen LogP contribution is -2.52. The summed E-state index contributed by atoms with van der Waals surface area (Å²) < 4.78 is 4.89. The standard InChI is InChI=1S/C15H23N5O3/c1-23-11-6-17-14(21)12-19-7-9-20(10-8-19)15(22)18-13-2-4-16-5-3-13/h2-5H,6-12H2,1H3,(H,17,21)(H,16,18,22). The van der Waals surface area contributed by atoms with Gasteiger partial charge in [-0.3, -0.25) is 14.7 Å². The van der Waals surface area contributed by atoms with Gasteiger partial charge in [0.15, 0.2) is 0 Å². The van der Waals surface area contributed by atoms with E-state index in [0.29, 0.717) is 45.9 Å². The Morgan fingerprint density at radius 2 is 1.91 bits per heavy atom. The minimum Gasteiger partial charge on any atom is -0.383 e. The van der Waals surface area contributed by atoms with Gasteiger partial charge in [0.1, 0.15) is 0 Å². The Morgan fingerprint density at radius 1 is 1.22 bits per heavy atom. The molecule has 0 bridgehead atoms. The van der Waals surface area contributed by atoms with Crippen LogP contribution in [0.2, 0.25) is 0 Å². The van der Waals surface area contributed by atoms with Crippen molar-refractivity contribution in [1.29, 1.82) is 0 Å². The first-order valence-corrected chi connectivity index (χ1v) is 7.63. The summed E-state index contributed by atoms with van der Waals surface area (Å²) in [6.07, 6.45) is 3.27. The van der Waals surface area contributed by atoms with Crippen LogP contribution in [-0.4, -0.2) is 79.7 Å². The van der Waals surface area contributed by atoms with Crippen LogP contribution in [0.5, 0.6) is 0 Å². The number of methoxy groups -OCH3 is 1. The van der Waals surface area contributed by atoms with Crippen LogP contribution in [0.15, 0.2) is 24.5 Å². The number of nitrogens with zero attached hydrogens (tertiary/aromatic N) is 3. The lowest BCUT2D eigenvalue weighted by molar-refractivity contribution is -0.122. The van der Waals surface area contributed by atoms with Gasteiger partial charge in [0, 0.05) is 57.9 Å². The first kappa shape index (κ1) is 17.2. The summed E-state index contributed by atoms with van der Waals surface area (Å²) >= 11 is 0. The molecule has 0 radical (unpaired) electrons. The molecule has 0 unspecified atom stereocenters. The number of piperazine rings is 1. The second-order valence-corrected chi connectivity index (χ2v) is 5.27. The fourth-order valence-electron chi connectivity index (χ4n) is 2.30. The molecular formula is C15H23N5O3. The van der Waals surface area contributed by atoms with E-state index in [4.69, 9.17) is 4.74 Å². The quantitative estimate of drug-likeness (QED) is 0.720. The number of hydrogen-bond acceptors (Lipinski definition) is 5. The summed E-state index contributed by atoms with van der Waals surface area (Å²) in [5, 5.41) is 5.63. The van der Waals surface area contributed by atoms with Gasteiger partial charge >= 0.3 is 6.03 Å². The topological polar surface area (TPSA) is 86.8 Å². The first-order valence-electron chi connectivity index (χ1n) is 7.63. The Labute approximate surface area is 135 Å². The van der Waals surface area contributed by atoms with Crippen molar-refractivity contribution >= 4 is 17.6 Å². The Bertz CT molecular complexity index is 503. The van der Waals surface area contributed by atoms with Crippen LogP contribution < -0.4 is 10.6 Å². The van der Waals surface area contributed by atoms with Crippen molar-refractivity contribution < 1.29 is 14.3 Å². The lowest BCUT2D eigenvalue weighted by Gasteiger charge is -2.34. The Kier molecular flexibility index (Phi) is 6.76. The predicted molar refractivity (Wildman–Crippen MR) is 86.2 cm³/mol. The van der Waals surface area contributed by atoms with Crippen molar-refractivity contribution in [3.63, 3.8) is 0 Å². The molecule has 0 spiro atoms. The van der Waals surface area contributed by atoms with Crippen molar-refractivity contribution in [1.82, 2.24) is 20.1 Å². The molecular weight excluding hydrogens is 298 g/mol. The molecule has 1 aliphatic heterocycles. The maximum Gasteiger partial charge on any atom is 0.321 e. The fraction of sp³-hybridized carbons (Fsp3) is 0.533. The highest BCUT2D eigenvalue weighted by Gasteiger charge is 2.22. The number of anilines is 1. The SMILES string of the molecule is COCCNC(=O)CN1CCN(C(=O)Nc2ccncc2)CC1. The highest BCUT2D eigenvalue weighted by molar-refractivity contribution is 5.89. The van der Waals surface area contributed by atoms with Gasteiger partial charge in [-0.05, 0) is 12.1 Å². The van der Waals surface area contributed by atoms with Crippen molar-refractivity contribution in [2.75, 3.05) is 58.3 Å². The van der Waals surface area contributed by atoms with E-state index in [1.165, 1.54) is 0 Å². The molecule has 8 heteroatoms. The smallest absolute Gasteiger partial charge is 0.321 e. The van der Waals surface area contributed by atoms with Crippen LogP contribution in [0.1, 0.15) is 0 Å². The molecule has 2 rings (SSSR count). The molecule has 2 N–H and O–H groups in total. The van der Waals surface area contributed by atoms with E-state index in [1.807, 2.05) is 4.90 Å². The van der Waals surface area contributed by atoms with Crippen LogP contribution in [0.4, 0.5) is 10.5 Å². The van der Waals surface area contributed by atoms with Gasteiger partial charge < -0.3 is 20.3 Å². The number of nitrogens with one attached hydrogen (secondary N) is 2. The molecule has 1 aromatic rings. The monoisotopic (exact) mass is 321 g/mol. The summed E-state index contributed by atoms with van der Waals surface area (Å²) in [5.41, 5.74) is 0.727. The van der Waals surface area contributed by atoms with Gasteiger partial charge in [-0.2, -0.15) is 0 Å². The van der Waals surface area contributed by atoms with Gasteiger partial charge in [0.25, 0.3) is 0 Å². The molecule has 0 saturated carbocycles. The Balaban J connectivity index is 1.69. The molecule has 0 aliphatic carbocycles. The zero-order valence-electron chi connectivity index (χ0n) is 13.3. The van der Waals surface area contributed by atoms with Gasteiger partial charge in [0.2, 0.25) is 5.91 Å². The van der Waals surface area contributed by atoms with Crippen molar-refractivity contribution in [3.05, 3.63) is 24.5 Å². The Morgan fingerprint density at radius 3 is 2.57 bits per heavy atom. The zero-order chi connectivity index (χ0) is 16.5. The number of hydrogen-bond donors (Lipinski definition) is 2. The van der Waals surface area contributed by atoms with E-state index >= 15 is 0 Å². The largest absolute Gasteiger partial charge is 0.383 e. The van der Waals surface area contributed by atoms with E-state index in [0.717, 1.165) is 5.69 Å². The number of ether oxygens (including phenoxy) is 1. The van der Waals surface area contributed by atoms with Crippen LogP contribution >= 0.6 is 0 Å². The number of aromatic nitrogens is 1. The number of carbonyl (C=O) groups excluding carboxylic acids is 2. The van der Waals surface area contributed by atoms with Crippen LogP contribution in [0.3, 0.4) is 0 Å². The maximum atomic E-state index is 12.2. The minimum atomic E-state index is -0.125. The second kappa shape index (κ2) is 9.06. The molecule has 23 heavy (non-hydrogen) atoms. The summed E-state index contributed by atoms with van der Waals surface area (Å²) in [7, 11) is 1.60. The van der Waals surface area contributed by atoms with Crippen molar-refractivity contribution in [2.45, 2.75) is 0 Å². The van der Waals surface area contributed by atoms with Gasteiger partial charge in [-0.15, -0.1) is 0 Å². The third kappa shape index (κ3) is 5.84. The lowest BCUT2D eigenvalue weighted by atomic mass is 10.3. The number of rotatable bonds is 6. The highest BCUT2D eigenvalue weighted by Crippen LogP contribution is 2.07. The minimum absolute atomic E-state index is 0.0169. The Hall–Kier alpha value is -2.19. The van der Waals surface area contributed by atoms with Crippen LogP contribution in [0.25, 0.3) is 0 Å². The van der Waals surface area contributed by atoms with E-state index in [9.17, 15) is 9.59 Å². The molecule has 2 heterocycles. The van der Waals surface area contributed by atoms with Crippen molar-refractivity contribution in [3.8, 4) is 0 Å². The molecule has 1 aromatic heterocycles. The number of amides is 3. The van der Waals surface area contributed by atoms with E-state index in [2.05, 4.69) is 15.6 Å². The summed E-state index contributed by atoms with van der Waals surface area (Å²) in [4.78, 5) is 31.6. The average Bonchev–Trinajstić information content (AvgIpc) is 2.56. The van der Waals surface area contributed by atoms with Gasteiger partial charge in [-0.25, -0.2) is 4.79 Å². The zero-order valence-corrected chi connectivity index (χ0v) is 13.3. The summed E-state index contributed by atoms with van der Waals surface area (Å²) in [6.45, 7) is 3.94. The highest BCUT2D eigenvalue weighted by atomic mass is 16.5. The van der Waals surface area contributed by atoms with Crippen LogP contribution in [0, 0.1) is 0 Å². The molecule has 3 amide bonds. The van der Waals surface area contributed by atoms with E-state index in [1.54, 1.807) is 36.5 Å². The number of urea groups is 1. The predicted octanol–water partition coefficient (Wildman–Crippen LogP) is -0.00630. The third-order valence-electron chi connectivity index (χ3n) is 3.59. The molecule has 1 aliphatic rings. The summed E-state index contributed by atoms with van der Waals surface area (Å²) in [5.74, 6) is -0.0169. The third-order valence-corrected chi connectivity index (χ3v) is 3.59. The van der Waals surface area contributed by atoms with E-state index in [-0.39, 0.29) is 11.9 Å². The van der Waals surface area contributed by atoms with Gasteiger partial charge in [0.05, 0.1) is 13.2 Å². The molecule has 8 nitrogen and oxygen atoms in total. The molecule has 0 aromatic carbocycles. The molecule has 126 valence electrons. The fourth-order valence-corrected chi connectivity index (χ4v) is 2.30. The normalized spacial score (nSPS) is 15.3. The number of pyridine rings is 1. The molecule has 0 atom stereocenters. The molecule has 1 fully saturated rings. The maximum absolute atomic E-state index is 12.2. The van der Waals surface area contributed by atoms with Gasteiger partial charge in [-0.1, -0.05) is 0 Å². The van der Waals surface area contributed by atoms with Crippen molar-refractivity contribution in [2.24, 2.45) is 0 Å². The van der Waals surface area contributed by atoms with Crippen LogP contribution in [-0.2, 0) is 9.53 Å².